The molecule has 0 bridgehead atoms. The molecule has 0 spiro atoms. The monoisotopic (exact) mass is 308 g/mol. The van der Waals surface area contributed by atoms with Gasteiger partial charge >= 0.3 is 0 Å². The molecule has 114 valence electrons. The SMILES string of the molecule is CCNCCn1cc(S(=O)(=O)Nc2ccccc2C)cn1. The molecule has 0 radical (unpaired) electrons. The summed E-state index contributed by atoms with van der Waals surface area (Å²) in [5.41, 5.74) is 1.46. The third kappa shape index (κ3) is 4.05. The van der Waals surface area contributed by atoms with Gasteiger partial charge in [0.1, 0.15) is 4.90 Å². The van der Waals surface area contributed by atoms with Gasteiger partial charge in [-0.3, -0.25) is 9.40 Å². The van der Waals surface area contributed by atoms with Crippen molar-refractivity contribution in [3.8, 4) is 0 Å². The van der Waals surface area contributed by atoms with Crippen molar-refractivity contribution in [3.05, 3.63) is 42.2 Å². The van der Waals surface area contributed by atoms with E-state index in [1.807, 2.05) is 26.0 Å². The first-order valence-corrected chi connectivity index (χ1v) is 8.33. The van der Waals surface area contributed by atoms with E-state index in [4.69, 9.17) is 0 Å². The predicted octanol–water partition coefficient (Wildman–Crippen LogP) is 1.60. The second-order valence-corrected chi connectivity index (χ2v) is 6.40. The first-order valence-electron chi connectivity index (χ1n) is 6.84. The maximum atomic E-state index is 12.3. The number of hydrogen-bond acceptors (Lipinski definition) is 4. The van der Waals surface area contributed by atoms with Crippen molar-refractivity contribution < 1.29 is 8.42 Å². The van der Waals surface area contributed by atoms with Gasteiger partial charge in [-0.2, -0.15) is 5.10 Å². The number of anilines is 1. The molecule has 2 aromatic rings. The molecule has 6 nitrogen and oxygen atoms in total. The second kappa shape index (κ2) is 6.73. The van der Waals surface area contributed by atoms with Crippen LogP contribution in [0.3, 0.4) is 0 Å². The van der Waals surface area contributed by atoms with Crippen molar-refractivity contribution in [2.45, 2.75) is 25.3 Å². The number of likely N-dealkylation sites (N-methyl/N-ethyl adjacent to an activating group) is 1. The van der Waals surface area contributed by atoms with Crippen molar-refractivity contribution >= 4 is 15.7 Å². The van der Waals surface area contributed by atoms with Gasteiger partial charge in [-0.15, -0.1) is 0 Å². The van der Waals surface area contributed by atoms with E-state index in [0.717, 1.165) is 18.7 Å². The maximum absolute atomic E-state index is 12.3. The van der Waals surface area contributed by atoms with Gasteiger partial charge in [0.25, 0.3) is 10.0 Å². The Morgan fingerprint density at radius 3 is 2.76 bits per heavy atom. The fourth-order valence-corrected chi connectivity index (χ4v) is 2.95. The van der Waals surface area contributed by atoms with E-state index in [-0.39, 0.29) is 4.90 Å². The quantitative estimate of drug-likeness (QED) is 0.762. The average molecular weight is 308 g/mol. The Bertz CT molecular complexity index is 695. The molecule has 0 unspecified atom stereocenters. The van der Waals surface area contributed by atoms with Crippen LogP contribution in [0.5, 0.6) is 0 Å². The summed E-state index contributed by atoms with van der Waals surface area (Å²) in [6.45, 7) is 6.14. The summed E-state index contributed by atoms with van der Waals surface area (Å²) >= 11 is 0. The molecule has 0 fully saturated rings. The summed E-state index contributed by atoms with van der Waals surface area (Å²) < 4.78 is 28.8. The number of nitrogens with one attached hydrogen (secondary N) is 2. The second-order valence-electron chi connectivity index (χ2n) is 4.71. The normalized spacial score (nSPS) is 11.5. The van der Waals surface area contributed by atoms with Gasteiger partial charge in [0.05, 0.1) is 18.4 Å². The summed E-state index contributed by atoms with van der Waals surface area (Å²) in [4.78, 5) is 0.169. The molecule has 0 aliphatic carbocycles. The number of para-hydroxylation sites is 1. The lowest BCUT2D eigenvalue weighted by atomic mass is 10.2. The van der Waals surface area contributed by atoms with Crippen molar-refractivity contribution in [3.63, 3.8) is 0 Å². The minimum absolute atomic E-state index is 0.169. The molecule has 1 aromatic carbocycles. The Morgan fingerprint density at radius 2 is 2.05 bits per heavy atom. The molecular formula is C14H20N4O2S. The smallest absolute Gasteiger partial charge is 0.265 e. The van der Waals surface area contributed by atoms with Gasteiger partial charge in [0.15, 0.2) is 0 Å². The molecule has 7 heteroatoms. The molecule has 0 saturated carbocycles. The van der Waals surface area contributed by atoms with Crippen LogP contribution in [0.25, 0.3) is 0 Å². The van der Waals surface area contributed by atoms with Crippen molar-refractivity contribution in [2.75, 3.05) is 17.8 Å². The number of benzene rings is 1. The van der Waals surface area contributed by atoms with Gasteiger partial charge < -0.3 is 5.32 Å². The molecule has 0 amide bonds. The molecule has 0 aliphatic heterocycles. The zero-order valence-electron chi connectivity index (χ0n) is 12.2. The van der Waals surface area contributed by atoms with E-state index in [2.05, 4.69) is 15.1 Å². The van der Waals surface area contributed by atoms with E-state index in [1.165, 1.54) is 12.4 Å². The predicted molar refractivity (Wildman–Crippen MR) is 82.8 cm³/mol. The highest BCUT2D eigenvalue weighted by Gasteiger charge is 2.17. The Balaban J connectivity index is 2.11. The van der Waals surface area contributed by atoms with Crippen LogP contribution in [0, 0.1) is 6.92 Å². The molecule has 0 saturated heterocycles. The minimum Gasteiger partial charge on any atom is -0.315 e. The van der Waals surface area contributed by atoms with Crippen molar-refractivity contribution in [2.24, 2.45) is 0 Å². The topological polar surface area (TPSA) is 76.0 Å². The summed E-state index contributed by atoms with van der Waals surface area (Å²) in [7, 11) is -3.60. The summed E-state index contributed by atoms with van der Waals surface area (Å²) in [5, 5.41) is 7.24. The van der Waals surface area contributed by atoms with E-state index in [1.54, 1.807) is 16.8 Å². The lowest BCUT2D eigenvalue weighted by Crippen LogP contribution is -2.19. The lowest BCUT2D eigenvalue weighted by Gasteiger charge is -2.08. The first-order chi connectivity index (χ1) is 10.0. The highest BCUT2D eigenvalue weighted by atomic mass is 32.2. The third-order valence-corrected chi connectivity index (χ3v) is 4.40. The summed E-state index contributed by atoms with van der Waals surface area (Å²) in [5.74, 6) is 0. The van der Waals surface area contributed by atoms with Gasteiger partial charge in [-0.25, -0.2) is 8.42 Å². The van der Waals surface area contributed by atoms with E-state index in [0.29, 0.717) is 12.2 Å². The zero-order valence-corrected chi connectivity index (χ0v) is 13.0. The number of aromatic nitrogens is 2. The maximum Gasteiger partial charge on any atom is 0.265 e. The Morgan fingerprint density at radius 1 is 1.29 bits per heavy atom. The molecule has 0 atom stereocenters. The Labute approximate surface area is 125 Å². The van der Waals surface area contributed by atoms with Gasteiger partial charge in [-0.1, -0.05) is 25.1 Å². The fourth-order valence-electron chi connectivity index (χ4n) is 1.87. The minimum atomic E-state index is -3.60. The van der Waals surface area contributed by atoms with Crippen LogP contribution in [0.15, 0.2) is 41.6 Å². The summed E-state index contributed by atoms with van der Waals surface area (Å²) in [6.07, 6.45) is 2.91. The molecule has 21 heavy (non-hydrogen) atoms. The largest absolute Gasteiger partial charge is 0.315 e. The average Bonchev–Trinajstić information content (AvgIpc) is 2.91. The molecule has 2 N–H and O–H groups in total. The van der Waals surface area contributed by atoms with Crippen LogP contribution in [-0.2, 0) is 16.6 Å². The number of hydrogen-bond donors (Lipinski definition) is 2. The van der Waals surface area contributed by atoms with Crippen LogP contribution >= 0.6 is 0 Å². The Kier molecular flexibility index (Phi) is 4.98. The highest BCUT2D eigenvalue weighted by Crippen LogP contribution is 2.18. The van der Waals surface area contributed by atoms with Crippen LogP contribution in [0.1, 0.15) is 12.5 Å². The number of sulfonamides is 1. The van der Waals surface area contributed by atoms with Gasteiger partial charge in [0.2, 0.25) is 0 Å². The fraction of sp³-hybridized carbons (Fsp3) is 0.357. The molecule has 1 heterocycles. The summed E-state index contributed by atoms with van der Waals surface area (Å²) in [6, 6.07) is 7.26. The number of nitrogens with zero attached hydrogens (tertiary/aromatic N) is 2. The molecule has 0 aliphatic rings. The standard InChI is InChI=1S/C14H20N4O2S/c1-3-15-8-9-18-11-13(10-16-18)21(19,20)17-14-7-5-4-6-12(14)2/h4-7,10-11,15,17H,3,8-9H2,1-2H3. The van der Waals surface area contributed by atoms with Crippen LogP contribution < -0.4 is 10.0 Å². The molecule has 2 rings (SSSR count). The van der Waals surface area contributed by atoms with E-state index >= 15 is 0 Å². The highest BCUT2D eigenvalue weighted by molar-refractivity contribution is 7.92. The van der Waals surface area contributed by atoms with Crippen LogP contribution in [0.4, 0.5) is 5.69 Å². The van der Waals surface area contributed by atoms with Crippen LogP contribution in [-0.4, -0.2) is 31.3 Å². The van der Waals surface area contributed by atoms with Gasteiger partial charge in [-0.05, 0) is 25.1 Å². The molecular weight excluding hydrogens is 288 g/mol. The third-order valence-electron chi connectivity index (χ3n) is 3.08. The van der Waals surface area contributed by atoms with E-state index < -0.39 is 10.0 Å². The van der Waals surface area contributed by atoms with Crippen molar-refractivity contribution in [1.29, 1.82) is 0 Å². The lowest BCUT2D eigenvalue weighted by molar-refractivity contribution is 0.564. The van der Waals surface area contributed by atoms with E-state index in [9.17, 15) is 8.42 Å². The van der Waals surface area contributed by atoms with Gasteiger partial charge in [0, 0.05) is 12.7 Å². The van der Waals surface area contributed by atoms with Crippen molar-refractivity contribution in [1.82, 2.24) is 15.1 Å². The zero-order chi connectivity index (χ0) is 15.3. The Hall–Kier alpha value is -1.86. The van der Waals surface area contributed by atoms with Crippen LogP contribution in [0.2, 0.25) is 0 Å². The number of aryl methyl sites for hydroxylation is 1. The number of rotatable bonds is 7. The first kappa shape index (κ1) is 15.5. The molecule has 1 aromatic heterocycles.